The predicted octanol–water partition coefficient (Wildman–Crippen LogP) is 3.90. The molecule has 1 nitrogen and oxygen atoms in total. The number of nitrogens with one attached hydrogen (secondary N) is 1. The van der Waals surface area contributed by atoms with Crippen LogP contribution in [0, 0.1) is 26.2 Å². The van der Waals surface area contributed by atoms with E-state index in [0.29, 0.717) is 0 Å². The van der Waals surface area contributed by atoms with Crippen molar-refractivity contribution in [3.05, 3.63) is 64.7 Å². The lowest BCUT2D eigenvalue weighted by atomic mass is 10.0. The second-order valence-corrected chi connectivity index (χ2v) is 4.44. The van der Waals surface area contributed by atoms with E-state index in [1.807, 2.05) is 24.3 Å². The molecule has 0 aliphatic rings. The standard InChI is InChI=1S/C17H17N/c1-4-15-8-6-10-17(11-15)18-12-16-9-5-7-13(2)14(16)3/h1,5-11,18H,12H2,2-3H3. The molecule has 0 aromatic heterocycles. The van der Waals surface area contributed by atoms with Gasteiger partial charge in [-0.05, 0) is 48.7 Å². The summed E-state index contributed by atoms with van der Waals surface area (Å²) in [5.41, 5.74) is 5.96. The summed E-state index contributed by atoms with van der Waals surface area (Å²) in [5.74, 6) is 2.65. The van der Waals surface area contributed by atoms with Crippen LogP contribution in [0.3, 0.4) is 0 Å². The number of hydrogen-bond donors (Lipinski definition) is 1. The number of terminal acetylenes is 1. The molecule has 0 saturated heterocycles. The summed E-state index contributed by atoms with van der Waals surface area (Å²) < 4.78 is 0. The molecule has 0 radical (unpaired) electrons. The number of aryl methyl sites for hydroxylation is 1. The van der Waals surface area contributed by atoms with Crippen LogP contribution in [0.4, 0.5) is 5.69 Å². The van der Waals surface area contributed by atoms with Gasteiger partial charge >= 0.3 is 0 Å². The van der Waals surface area contributed by atoms with Gasteiger partial charge in [-0.15, -0.1) is 6.42 Å². The Hall–Kier alpha value is -2.20. The molecule has 0 saturated carbocycles. The van der Waals surface area contributed by atoms with E-state index in [1.165, 1.54) is 16.7 Å². The van der Waals surface area contributed by atoms with E-state index < -0.39 is 0 Å². The minimum Gasteiger partial charge on any atom is -0.381 e. The molecule has 2 rings (SSSR count). The SMILES string of the molecule is C#Cc1cccc(NCc2cccc(C)c2C)c1. The molecule has 0 atom stereocenters. The van der Waals surface area contributed by atoms with Gasteiger partial charge in [-0.1, -0.05) is 30.2 Å². The van der Waals surface area contributed by atoms with Gasteiger partial charge in [-0.2, -0.15) is 0 Å². The van der Waals surface area contributed by atoms with E-state index in [4.69, 9.17) is 6.42 Å². The maximum atomic E-state index is 5.39. The van der Waals surface area contributed by atoms with Crippen LogP contribution in [0.2, 0.25) is 0 Å². The van der Waals surface area contributed by atoms with Gasteiger partial charge in [0.25, 0.3) is 0 Å². The lowest BCUT2D eigenvalue weighted by Crippen LogP contribution is -2.02. The van der Waals surface area contributed by atoms with Crippen LogP contribution in [0.25, 0.3) is 0 Å². The van der Waals surface area contributed by atoms with Crippen LogP contribution < -0.4 is 5.32 Å². The van der Waals surface area contributed by atoms with E-state index in [2.05, 4.69) is 43.3 Å². The van der Waals surface area contributed by atoms with Crippen molar-refractivity contribution in [2.24, 2.45) is 0 Å². The Labute approximate surface area is 109 Å². The topological polar surface area (TPSA) is 12.0 Å². The first kappa shape index (κ1) is 12.3. The first-order valence-electron chi connectivity index (χ1n) is 6.06. The van der Waals surface area contributed by atoms with E-state index in [1.54, 1.807) is 0 Å². The van der Waals surface area contributed by atoms with Crippen molar-refractivity contribution >= 4 is 5.69 Å². The molecule has 0 aliphatic carbocycles. The van der Waals surface area contributed by atoms with Crippen molar-refractivity contribution < 1.29 is 0 Å². The Kier molecular flexibility index (Phi) is 3.69. The first-order chi connectivity index (χ1) is 8.70. The summed E-state index contributed by atoms with van der Waals surface area (Å²) in [6.45, 7) is 5.11. The van der Waals surface area contributed by atoms with E-state index in [9.17, 15) is 0 Å². The highest BCUT2D eigenvalue weighted by Gasteiger charge is 2.00. The first-order valence-corrected chi connectivity index (χ1v) is 6.06. The van der Waals surface area contributed by atoms with Crippen LogP contribution in [-0.2, 0) is 6.54 Å². The number of anilines is 1. The van der Waals surface area contributed by atoms with Gasteiger partial charge in [-0.25, -0.2) is 0 Å². The highest BCUT2D eigenvalue weighted by atomic mass is 14.9. The zero-order chi connectivity index (χ0) is 13.0. The normalized spacial score (nSPS) is 9.83. The van der Waals surface area contributed by atoms with Crippen molar-refractivity contribution in [3.8, 4) is 12.3 Å². The average molecular weight is 235 g/mol. The van der Waals surface area contributed by atoms with Crippen molar-refractivity contribution in [2.45, 2.75) is 20.4 Å². The number of benzene rings is 2. The lowest BCUT2D eigenvalue weighted by Gasteiger charge is -2.11. The Morgan fingerprint density at radius 2 is 1.89 bits per heavy atom. The van der Waals surface area contributed by atoms with Gasteiger partial charge in [-0.3, -0.25) is 0 Å². The number of rotatable bonds is 3. The molecule has 0 heterocycles. The van der Waals surface area contributed by atoms with E-state index in [0.717, 1.165) is 17.8 Å². The molecular formula is C17H17N. The largest absolute Gasteiger partial charge is 0.381 e. The molecule has 0 aliphatic heterocycles. The molecule has 18 heavy (non-hydrogen) atoms. The third-order valence-electron chi connectivity index (χ3n) is 3.23. The molecule has 90 valence electrons. The quantitative estimate of drug-likeness (QED) is 0.796. The van der Waals surface area contributed by atoms with Crippen LogP contribution >= 0.6 is 0 Å². The lowest BCUT2D eigenvalue weighted by molar-refractivity contribution is 1.10. The smallest absolute Gasteiger partial charge is 0.0403 e. The highest BCUT2D eigenvalue weighted by Crippen LogP contribution is 2.16. The van der Waals surface area contributed by atoms with Gasteiger partial charge < -0.3 is 5.32 Å². The Morgan fingerprint density at radius 1 is 1.11 bits per heavy atom. The van der Waals surface area contributed by atoms with Crippen LogP contribution in [-0.4, -0.2) is 0 Å². The van der Waals surface area contributed by atoms with E-state index in [-0.39, 0.29) is 0 Å². The highest BCUT2D eigenvalue weighted by molar-refractivity contribution is 5.50. The predicted molar refractivity (Wildman–Crippen MR) is 77.6 cm³/mol. The van der Waals surface area contributed by atoms with E-state index >= 15 is 0 Å². The second-order valence-electron chi connectivity index (χ2n) is 4.44. The zero-order valence-corrected chi connectivity index (χ0v) is 10.8. The molecule has 0 amide bonds. The summed E-state index contributed by atoms with van der Waals surface area (Å²) in [4.78, 5) is 0. The minimum absolute atomic E-state index is 0.821. The van der Waals surface area contributed by atoms with Crippen LogP contribution in [0.15, 0.2) is 42.5 Å². The van der Waals surface area contributed by atoms with Gasteiger partial charge in [0, 0.05) is 17.8 Å². The number of hydrogen-bond acceptors (Lipinski definition) is 1. The van der Waals surface area contributed by atoms with Gasteiger partial charge in [0.2, 0.25) is 0 Å². The van der Waals surface area contributed by atoms with Crippen LogP contribution in [0.1, 0.15) is 22.3 Å². The van der Waals surface area contributed by atoms with Crippen molar-refractivity contribution in [3.63, 3.8) is 0 Å². The second kappa shape index (κ2) is 5.42. The third-order valence-corrected chi connectivity index (χ3v) is 3.23. The Bertz CT molecular complexity index is 591. The molecule has 0 fully saturated rings. The Balaban J connectivity index is 2.12. The van der Waals surface area contributed by atoms with Gasteiger partial charge in [0.15, 0.2) is 0 Å². The molecule has 1 heteroatoms. The summed E-state index contributed by atoms with van der Waals surface area (Å²) in [6.07, 6.45) is 5.39. The summed E-state index contributed by atoms with van der Waals surface area (Å²) in [5, 5.41) is 3.41. The molecule has 0 unspecified atom stereocenters. The minimum atomic E-state index is 0.821. The van der Waals surface area contributed by atoms with Crippen LogP contribution in [0.5, 0.6) is 0 Å². The maximum Gasteiger partial charge on any atom is 0.0403 e. The molecule has 2 aromatic carbocycles. The molecule has 0 spiro atoms. The molecular weight excluding hydrogens is 218 g/mol. The monoisotopic (exact) mass is 235 g/mol. The summed E-state index contributed by atoms with van der Waals surface area (Å²) in [7, 11) is 0. The van der Waals surface area contributed by atoms with Gasteiger partial charge in [0.05, 0.1) is 0 Å². The molecule has 0 bridgehead atoms. The maximum absolute atomic E-state index is 5.39. The fourth-order valence-corrected chi connectivity index (χ4v) is 1.92. The summed E-state index contributed by atoms with van der Waals surface area (Å²) >= 11 is 0. The van der Waals surface area contributed by atoms with Crippen molar-refractivity contribution in [1.29, 1.82) is 0 Å². The fraction of sp³-hybridized carbons (Fsp3) is 0.176. The summed E-state index contributed by atoms with van der Waals surface area (Å²) in [6, 6.07) is 14.3. The molecule has 2 aromatic rings. The fourth-order valence-electron chi connectivity index (χ4n) is 1.92. The van der Waals surface area contributed by atoms with Gasteiger partial charge in [0.1, 0.15) is 0 Å². The molecule has 1 N–H and O–H groups in total. The van der Waals surface area contributed by atoms with Crippen molar-refractivity contribution in [2.75, 3.05) is 5.32 Å². The average Bonchev–Trinajstić information content (AvgIpc) is 2.41. The zero-order valence-electron chi connectivity index (χ0n) is 10.8. The van der Waals surface area contributed by atoms with Crippen molar-refractivity contribution in [1.82, 2.24) is 0 Å². The Morgan fingerprint density at radius 3 is 2.67 bits per heavy atom. The third kappa shape index (κ3) is 2.73.